The molecule has 0 aliphatic rings. The van der Waals surface area contributed by atoms with Gasteiger partial charge >= 0.3 is 5.97 Å². The number of carboxylic acid groups (broad SMARTS) is 1. The molecule has 46 heavy (non-hydrogen) atoms. The number of phenols is 1. The highest BCUT2D eigenvalue weighted by Crippen LogP contribution is 2.19. The van der Waals surface area contributed by atoms with Gasteiger partial charge in [-0.25, -0.2) is 4.79 Å². The second kappa shape index (κ2) is 15.7. The van der Waals surface area contributed by atoms with Crippen molar-refractivity contribution < 1.29 is 29.4 Å². The number of rotatable bonds is 15. The molecule has 0 spiro atoms. The van der Waals surface area contributed by atoms with Crippen LogP contribution in [0.5, 0.6) is 5.75 Å². The van der Waals surface area contributed by atoms with Gasteiger partial charge in [-0.2, -0.15) is 0 Å². The molecule has 0 saturated heterocycles. The first-order valence-corrected chi connectivity index (χ1v) is 15.3. The highest BCUT2D eigenvalue weighted by molar-refractivity contribution is 5.94. The van der Waals surface area contributed by atoms with Crippen LogP contribution in [0.3, 0.4) is 0 Å². The number of nitrogens with one attached hydrogen (secondary N) is 4. The van der Waals surface area contributed by atoms with E-state index in [0.717, 1.165) is 22.0 Å². The van der Waals surface area contributed by atoms with E-state index in [0.29, 0.717) is 5.56 Å². The predicted octanol–water partition coefficient (Wildman–Crippen LogP) is 2.81. The number of benzene rings is 3. The number of hydrogen-bond donors (Lipinski definition) is 7. The van der Waals surface area contributed by atoms with E-state index in [-0.39, 0.29) is 37.4 Å². The van der Waals surface area contributed by atoms with Crippen molar-refractivity contribution in [1.29, 1.82) is 0 Å². The number of fused-ring (bicyclic) bond motifs is 1. The fourth-order valence-corrected chi connectivity index (χ4v) is 5.28. The van der Waals surface area contributed by atoms with E-state index in [1.807, 2.05) is 50.4 Å². The number of aromatic amines is 1. The Hall–Kier alpha value is -5.16. The van der Waals surface area contributed by atoms with Crippen molar-refractivity contribution in [3.05, 3.63) is 102 Å². The molecule has 0 aliphatic carbocycles. The zero-order chi connectivity index (χ0) is 33.2. The van der Waals surface area contributed by atoms with Crippen LogP contribution in [0.4, 0.5) is 0 Å². The van der Waals surface area contributed by atoms with Gasteiger partial charge in [0.05, 0.1) is 6.04 Å². The zero-order valence-corrected chi connectivity index (χ0v) is 25.9. The van der Waals surface area contributed by atoms with E-state index in [1.54, 1.807) is 36.4 Å². The first kappa shape index (κ1) is 33.7. The Morgan fingerprint density at radius 2 is 1.28 bits per heavy atom. The number of carboxylic acids is 1. The third-order valence-electron chi connectivity index (χ3n) is 7.70. The Bertz CT molecular complexity index is 1640. The third-order valence-corrected chi connectivity index (χ3v) is 7.70. The number of nitrogens with two attached hydrogens (primary N) is 1. The van der Waals surface area contributed by atoms with Crippen LogP contribution >= 0.6 is 0 Å². The molecule has 3 aromatic carbocycles. The van der Waals surface area contributed by atoms with Crippen molar-refractivity contribution >= 4 is 34.6 Å². The third kappa shape index (κ3) is 9.42. The van der Waals surface area contributed by atoms with Crippen LogP contribution < -0.4 is 21.7 Å². The second-order valence-corrected chi connectivity index (χ2v) is 11.9. The van der Waals surface area contributed by atoms with E-state index in [1.165, 1.54) is 12.1 Å². The molecular formula is C35H41N5O6. The van der Waals surface area contributed by atoms with E-state index in [9.17, 15) is 29.4 Å². The van der Waals surface area contributed by atoms with E-state index in [4.69, 9.17) is 5.73 Å². The van der Waals surface area contributed by atoms with Gasteiger partial charge in [0.2, 0.25) is 17.7 Å². The second-order valence-electron chi connectivity index (χ2n) is 11.9. The molecule has 0 radical (unpaired) electrons. The lowest BCUT2D eigenvalue weighted by atomic mass is 9.99. The highest BCUT2D eigenvalue weighted by Gasteiger charge is 2.31. The van der Waals surface area contributed by atoms with Gasteiger partial charge in [0.15, 0.2) is 0 Å². The van der Waals surface area contributed by atoms with Gasteiger partial charge < -0.3 is 36.9 Å². The van der Waals surface area contributed by atoms with E-state index < -0.39 is 47.9 Å². The first-order chi connectivity index (χ1) is 22.0. The minimum atomic E-state index is -1.25. The lowest BCUT2D eigenvalue weighted by Crippen LogP contribution is -2.58. The molecule has 0 saturated carbocycles. The van der Waals surface area contributed by atoms with Gasteiger partial charge in [-0.15, -0.1) is 0 Å². The number of phenolic OH excluding ortho intramolecular Hbond substituents is 1. The summed E-state index contributed by atoms with van der Waals surface area (Å²) in [4.78, 5) is 55.8. The molecule has 4 aromatic rings. The molecule has 0 fully saturated rings. The SMILES string of the molecule is CC(C)CC(NC(=O)C(N)Cc1c[nH]c2ccccc12)C(=O)NC(Cc1ccc(O)cc1)C(=O)NC(Cc1ccccc1)C(=O)O. The van der Waals surface area contributed by atoms with Crippen LogP contribution in [-0.4, -0.2) is 63.1 Å². The van der Waals surface area contributed by atoms with E-state index >= 15 is 0 Å². The summed E-state index contributed by atoms with van der Waals surface area (Å²) in [6, 6.07) is 18.3. The molecule has 0 bridgehead atoms. The molecule has 8 N–H and O–H groups in total. The Kier molecular flexibility index (Phi) is 11.5. The molecule has 0 aliphatic heterocycles. The van der Waals surface area contributed by atoms with Crippen LogP contribution in [0, 0.1) is 5.92 Å². The summed E-state index contributed by atoms with van der Waals surface area (Å²) in [5.74, 6) is -3.00. The summed E-state index contributed by atoms with van der Waals surface area (Å²) in [7, 11) is 0. The molecule has 1 aromatic heterocycles. The summed E-state index contributed by atoms with van der Waals surface area (Å²) in [5.41, 5.74) is 9.43. The van der Waals surface area contributed by atoms with Gasteiger partial charge in [-0.3, -0.25) is 14.4 Å². The van der Waals surface area contributed by atoms with Gasteiger partial charge in [0.25, 0.3) is 0 Å². The van der Waals surface area contributed by atoms with E-state index in [2.05, 4.69) is 20.9 Å². The number of aromatic nitrogens is 1. The standard InChI is InChI=1S/C35H41N5O6/c1-21(2)16-29(38-32(42)27(36)19-24-20-37-28-11-7-6-10-26(24)28)33(43)39-30(17-23-12-14-25(41)15-13-23)34(44)40-31(35(45)46)18-22-8-4-3-5-9-22/h3-15,20-21,27,29-31,37,41H,16-19,36H2,1-2H3,(H,38,42)(H,39,43)(H,40,44)(H,45,46). The summed E-state index contributed by atoms with van der Waals surface area (Å²) < 4.78 is 0. The summed E-state index contributed by atoms with van der Waals surface area (Å²) >= 11 is 0. The van der Waals surface area contributed by atoms with Crippen molar-refractivity contribution in [2.75, 3.05) is 0 Å². The number of amides is 3. The maximum atomic E-state index is 13.7. The maximum Gasteiger partial charge on any atom is 0.326 e. The Morgan fingerprint density at radius 1 is 0.717 bits per heavy atom. The Morgan fingerprint density at radius 3 is 1.96 bits per heavy atom. The summed E-state index contributed by atoms with van der Waals surface area (Å²) in [5, 5.41) is 28.6. The molecule has 242 valence electrons. The van der Waals surface area contributed by atoms with Gasteiger partial charge in [0.1, 0.15) is 23.9 Å². The number of para-hydroxylation sites is 1. The normalized spacial score (nSPS) is 13.8. The van der Waals surface area contributed by atoms with Crippen molar-refractivity contribution in [2.45, 2.75) is 63.7 Å². The summed E-state index contributed by atoms with van der Waals surface area (Å²) in [6.45, 7) is 3.81. The van der Waals surface area contributed by atoms with Crippen LogP contribution in [0.15, 0.2) is 85.1 Å². The molecule has 1 heterocycles. The predicted molar refractivity (Wildman–Crippen MR) is 175 cm³/mol. The lowest BCUT2D eigenvalue weighted by Gasteiger charge is -2.26. The number of H-pyrrole nitrogens is 1. The number of aliphatic carboxylic acids is 1. The van der Waals surface area contributed by atoms with Gasteiger partial charge in [-0.1, -0.05) is 74.5 Å². The van der Waals surface area contributed by atoms with Crippen LogP contribution in [0.2, 0.25) is 0 Å². The van der Waals surface area contributed by atoms with Crippen LogP contribution in [0.1, 0.15) is 37.0 Å². The molecule has 3 amide bonds. The number of hydrogen-bond acceptors (Lipinski definition) is 6. The average Bonchev–Trinajstić information content (AvgIpc) is 3.43. The first-order valence-electron chi connectivity index (χ1n) is 15.3. The van der Waals surface area contributed by atoms with Crippen molar-refractivity contribution in [2.24, 2.45) is 11.7 Å². The fraction of sp³-hybridized carbons (Fsp3) is 0.314. The fourth-order valence-electron chi connectivity index (χ4n) is 5.28. The minimum Gasteiger partial charge on any atom is -0.508 e. The topological polar surface area (TPSA) is 187 Å². The zero-order valence-electron chi connectivity index (χ0n) is 25.9. The van der Waals surface area contributed by atoms with Gasteiger partial charge in [0, 0.05) is 29.9 Å². The minimum absolute atomic E-state index is 0.00697. The van der Waals surface area contributed by atoms with Crippen LogP contribution in [-0.2, 0) is 38.4 Å². The monoisotopic (exact) mass is 627 g/mol. The molecule has 4 rings (SSSR count). The Balaban J connectivity index is 1.50. The molecule has 11 heteroatoms. The maximum absolute atomic E-state index is 13.7. The summed E-state index contributed by atoms with van der Waals surface area (Å²) in [6.07, 6.45) is 2.39. The quantitative estimate of drug-likeness (QED) is 0.106. The largest absolute Gasteiger partial charge is 0.508 e. The van der Waals surface area contributed by atoms with Crippen molar-refractivity contribution in [3.63, 3.8) is 0 Å². The molecule has 4 unspecified atom stereocenters. The van der Waals surface area contributed by atoms with Crippen molar-refractivity contribution in [3.8, 4) is 5.75 Å². The highest BCUT2D eigenvalue weighted by atomic mass is 16.4. The lowest BCUT2D eigenvalue weighted by molar-refractivity contribution is -0.142. The molecular weight excluding hydrogens is 586 g/mol. The Labute approximate surface area is 267 Å². The number of carbonyl (C=O) groups excluding carboxylic acids is 3. The van der Waals surface area contributed by atoms with Crippen molar-refractivity contribution in [1.82, 2.24) is 20.9 Å². The average molecular weight is 628 g/mol. The molecule has 11 nitrogen and oxygen atoms in total. The van der Waals surface area contributed by atoms with Crippen LogP contribution in [0.25, 0.3) is 10.9 Å². The van der Waals surface area contributed by atoms with Gasteiger partial charge in [-0.05, 0) is 53.6 Å². The smallest absolute Gasteiger partial charge is 0.326 e. The number of carbonyl (C=O) groups is 4. The number of aromatic hydroxyl groups is 1. The molecule has 4 atom stereocenters.